The Bertz CT molecular complexity index is 1160. The highest BCUT2D eigenvalue weighted by molar-refractivity contribution is 7.92. The van der Waals surface area contributed by atoms with Crippen molar-refractivity contribution in [1.29, 1.82) is 0 Å². The molecular formula is C23H22N2O5S. The molecule has 160 valence electrons. The summed E-state index contributed by atoms with van der Waals surface area (Å²) in [7, 11) is -2.28. The molecule has 0 bridgehead atoms. The van der Waals surface area contributed by atoms with Crippen LogP contribution in [0.1, 0.15) is 10.4 Å². The molecular weight excluding hydrogens is 416 g/mol. The fraction of sp³-hybridized carbons (Fsp3) is 0.0870. The van der Waals surface area contributed by atoms with Crippen molar-refractivity contribution < 1.29 is 22.7 Å². The van der Waals surface area contributed by atoms with Crippen LogP contribution < -0.4 is 19.5 Å². The van der Waals surface area contributed by atoms with Crippen LogP contribution in [0, 0.1) is 0 Å². The molecule has 0 unspecified atom stereocenters. The van der Waals surface area contributed by atoms with Gasteiger partial charge in [-0.2, -0.15) is 0 Å². The SMILES string of the molecule is C=CCOc1ccc(C(=O)Nc2ccc(S(=O)(=O)Nc3cccc(OC)c3)cc2)cc1. The molecule has 3 aromatic rings. The highest BCUT2D eigenvalue weighted by atomic mass is 32.2. The van der Waals surface area contributed by atoms with Crippen LogP contribution in [0.4, 0.5) is 11.4 Å². The lowest BCUT2D eigenvalue weighted by Gasteiger charge is -2.10. The first-order valence-electron chi connectivity index (χ1n) is 9.33. The van der Waals surface area contributed by atoms with Gasteiger partial charge in [-0.25, -0.2) is 8.42 Å². The molecule has 0 aromatic heterocycles. The number of hydrogen-bond acceptors (Lipinski definition) is 5. The summed E-state index contributed by atoms with van der Waals surface area (Å²) in [4.78, 5) is 12.5. The van der Waals surface area contributed by atoms with Crippen LogP contribution in [-0.2, 0) is 10.0 Å². The minimum atomic E-state index is -3.79. The van der Waals surface area contributed by atoms with Gasteiger partial charge in [0.1, 0.15) is 18.1 Å². The van der Waals surface area contributed by atoms with E-state index in [2.05, 4.69) is 16.6 Å². The second kappa shape index (κ2) is 9.82. The van der Waals surface area contributed by atoms with Crippen molar-refractivity contribution in [2.45, 2.75) is 4.90 Å². The maximum Gasteiger partial charge on any atom is 0.261 e. The zero-order valence-corrected chi connectivity index (χ0v) is 17.7. The molecule has 8 heteroatoms. The van der Waals surface area contributed by atoms with Crippen molar-refractivity contribution in [3.8, 4) is 11.5 Å². The molecule has 0 saturated heterocycles. The summed E-state index contributed by atoms with van der Waals surface area (Å²) in [6.45, 7) is 3.96. The van der Waals surface area contributed by atoms with Gasteiger partial charge in [0.15, 0.2) is 0 Å². The van der Waals surface area contributed by atoms with E-state index in [0.29, 0.717) is 35.0 Å². The van der Waals surface area contributed by atoms with E-state index in [0.717, 1.165) is 0 Å². The minimum Gasteiger partial charge on any atom is -0.497 e. The zero-order valence-electron chi connectivity index (χ0n) is 16.9. The van der Waals surface area contributed by atoms with E-state index in [1.54, 1.807) is 54.6 Å². The van der Waals surface area contributed by atoms with Gasteiger partial charge in [-0.05, 0) is 60.7 Å². The molecule has 7 nitrogen and oxygen atoms in total. The molecule has 1 amide bonds. The van der Waals surface area contributed by atoms with E-state index in [1.807, 2.05) is 0 Å². The molecule has 3 aromatic carbocycles. The van der Waals surface area contributed by atoms with Crippen molar-refractivity contribution in [3.05, 3.63) is 91.0 Å². The Morgan fingerprint density at radius 2 is 1.68 bits per heavy atom. The van der Waals surface area contributed by atoms with Gasteiger partial charge in [0.05, 0.1) is 17.7 Å². The average molecular weight is 439 g/mol. The largest absolute Gasteiger partial charge is 0.497 e. The van der Waals surface area contributed by atoms with Crippen molar-refractivity contribution in [2.75, 3.05) is 23.8 Å². The minimum absolute atomic E-state index is 0.0667. The normalized spacial score (nSPS) is 10.7. The maximum atomic E-state index is 12.6. The summed E-state index contributed by atoms with van der Waals surface area (Å²) in [5.74, 6) is 0.855. The van der Waals surface area contributed by atoms with Crippen molar-refractivity contribution in [1.82, 2.24) is 0 Å². The molecule has 0 fully saturated rings. The van der Waals surface area contributed by atoms with Crippen LogP contribution in [0.3, 0.4) is 0 Å². The van der Waals surface area contributed by atoms with Gasteiger partial charge in [0.2, 0.25) is 0 Å². The lowest BCUT2D eigenvalue weighted by molar-refractivity contribution is 0.102. The lowest BCUT2D eigenvalue weighted by atomic mass is 10.2. The Morgan fingerprint density at radius 1 is 0.968 bits per heavy atom. The highest BCUT2D eigenvalue weighted by Gasteiger charge is 2.15. The number of ether oxygens (including phenoxy) is 2. The van der Waals surface area contributed by atoms with Crippen LogP contribution in [0.5, 0.6) is 11.5 Å². The predicted molar refractivity (Wildman–Crippen MR) is 120 cm³/mol. The van der Waals surface area contributed by atoms with Gasteiger partial charge in [-0.15, -0.1) is 0 Å². The van der Waals surface area contributed by atoms with Crippen LogP contribution in [0.25, 0.3) is 0 Å². The van der Waals surface area contributed by atoms with E-state index in [1.165, 1.54) is 31.4 Å². The number of methoxy groups -OCH3 is 1. The Hall–Kier alpha value is -3.78. The van der Waals surface area contributed by atoms with Crippen LogP contribution >= 0.6 is 0 Å². The van der Waals surface area contributed by atoms with Crippen molar-refractivity contribution in [3.63, 3.8) is 0 Å². The third kappa shape index (κ3) is 5.86. The first-order valence-corrected chi connectivity index (χ1v) is 10.8. The molecule has 0 aliphatic heterocycles. The second-order valence-electron chi connectivity index (χ2n) is 6.44. The van der Waals surface area contributed by atoms with Crippen LogP contribution in [0.15, 0.2) is 90.3 Å². The first-order chi connectivity index (χ1) is 14.9. The van der Waals surface area contributed by atoms with E-state index in [4.69, 9.17) is 9.47 Å². The maximum absolute atomic E-state index is 12.6. The van der Waals surface area contributed by atoms with E-state index in [9.17, 15) is 13.2 Å². The first kappa shape index (κ1) is 21.9. The number of hydrogen-bond donors (Lipinski definition) is 2. The smallest absolute Gasteiger partial charge is 0.261 e. The van der Waals surface area contributed by atoms with E-state index < -0.39 is 10.0 Å². The summed E-state index contributed by atoms with van der Waals surface area (Å²) in [5.41, 5.74) is 1.30. The van der Waals surface area contributed by atoms with Gasteiger partial charge in [-0.3, -0.25) is 9.52 Å². The van der Waals surface area contributed by atoms with Crippen molar-refractivity contribution >= 4 is 27.3 Å². The number of nitrogens with one attached hydrogen (secondary N) is 2. The fourth-order valence-electron chi connectivity index (χ4n) is 2.68. The fourth-order valence-corrected chi connectivity index (χ4v) is 3.73. The van der Waals surface area contributed by atoms with Crippen LogP contribution in [0.2, 0.25) is 0 Å². The number of benzene rings is 3. The third-order valence-corrected chi connectivity index (χ3v) is 5.63. The standard InChI is InChI=1S/C23H22N2O5S/c1-3-15-30-20-11-7-17(8-12-20)23(26)24-18-9-13-22(14-10-18)31(27,28)25-19-5-4-6-21(16-19)29-2/h3-14,16,25H,1,15H2,2H3,(H,24,26). The summed E-state index contributed by atoms with van der Waals surface area (Å²) in [6, 6.07) is 19.2. The Balaban J connectivity index is 1.66. The molecule has 3 rings (SSSR count). The Kier molecular flexibility index (Phi) is 6.94. The second-order valence-corrected chi connectivity index (χ2v) is 8.12. The molecule has 0 aliphatic carbocycles. The Morgan fingerprint density at radius 3 is 2.32 bits per heavy atom. The Labute approximate surface area is 181 Å². The average Bonchev–Trinajstić information content (AvgIpc) is 2.78. The quantitative estimate of drug-likeness (QED) is 0.486. The number of amides is 1. The van der Waals surface area contributed by atoms with Crippen LogP contribution in [-0.4, -0.2) is 28.0 Å². The number of sulfonamides is 1. The monoisotopic (exact) mass is 438 g/mol. The molecule has 0 aliphatic rings. The predicted octanol–water partition coefficient (Wildman–Crippen LogP) is 4.31. The van der Waals surface area contributed by atoms with Crippen molar-refractivity contribution in [2.24, 2.45) is 0 Å². The highest BCUT2D eigenvalue weighted by Crippen LogP contribution is 2.22. The summed E-state index contributed by atoms with van der Waals surface area (Å²) in [5, 5.41) is 2.74. The van der Waals surface area contributed by atoms with E-state index in [-0.39, 0.29) is 10.8 Å². The van der Waals surface area contributed by atoms with Gasteiger partial charge >= 0.3 is 0 Å². The molecule has 0 saturated carbocycles. The topological polar surface area (TPSA) is 93.7 Å². The van der Waals surface area contributed by atoms with Gasteiger partial charge in [-0.1, -0.05) is 18.7 Å². The third-order valence-electron chi connectivity index (χ3n) is 4.23. The number of carbonyl (C=O) groups excluding carboxylic acids is 1. The van der Waals surface area contributed by atoms with Gasteiger partial charge in [0.25, 0.3) is 15.9 Å². The molecule has 0 spiro atoms. The number of carbonyl (C=O) groups is 1. The summed E-state index contributed by atoms with van der Waals surface area (Å²) < 4.78 is 38.2. The lowest BCUT2D eigenvalue weighted by Crippen LogP contribution is -2.14. The van der Waals surface area contributed by atoms with Gasteiger partial charge in [0, 0.05) is 17.3 Å². The molecule has 0 atom stereocenters. The van der Waals surface area contributed by atoms with Gasteiger partial charge < -0.3 is 14.8 Å². The zero-order chi connectivity index (χ0) is 22.3. The summed E-state index contributed by atoms with van der Waals surface area (Å²) in [6.07, 6.45) is 1.64. The molecule has 0 radical (unpaired) electrons. The summed E-state index contributed by atoms with van der Waals surface area (Å²) >= 11 is 0. The molecule has 2 N–H and O–H groups in total. The molecule has 31 heavy (non-hydrogen) atoms. The number of rotatable bonds is 9. The van der Waals surface area contributed by atoms with E-state index >= 15 is 0 Å². The molecule has 0 heterocycles. The number of anilines is 2.